The van der Waals surface area contributed by atoms with Gasteiger partial charge in [-0.15, -0.1) is 0 Å². The topological polar surface area (TPSA) is 111 Å². The maximum atomic E-state index is 13.6. The van der Waals surface area contributed by atoms with Crippen molar-refractivity contribution < 1.29 is 18.6 Å². The largest absolute Gasteiger partial charge is 0.301 e. The van der Waals surface area contributed by atoms with Crippen LogP contribution >= 0.6 is 0 Å². The number of rotatable bonds is 5. The Hall–Kier alpha value is -3.43. The molecule has 10 heteroatoms. The second-order valence-electron chi connectivity index (χ2n) is 4.65. The Kier molecular flexibility index (Phi) is 4.78. The summed E-state index contributed by atoms with van der Waals surface area (Å²) in [4.78, 5) is 20.1. The molecule has 0 fully saturated rings. The van der Waals surface area contributed by atoms with Crippen molar-refractivity contribution in [3.8, 4) is 0 Å². The third-order valence-electron chi connectivity index (χ3n) is 3.05. The monoisotopic (exact) mass is 336 g/mol. The summed E-state index contributed by atoms with van der Waals surface area (Å²) in [5.41, 5.74) is 1.38. The van der Waals surface area contributed by atoms with Crippen molar-refractivity contribution in [1.82, 2.24) is 0 Å². The molecule has 0 heterocycles. The van der Waals surface area contributed by atoms with Crippen LogP contribution in [0.3, 0.4) is 0 Å². The lowest BCUT2D eigenvalue weighted by Crippen LogP contribution is -2.04. The first-order chi connectivity index (χ1) is 11.3. The molecular formula is C14H10F2N4O4. The van der Waals surface area contributed by atoms with Crippen molar-refractivity contribution in [1.29, 1.82) is 0 Å². The van der Waals surface area contributed by atoms with Crippen LogP contribution in [0.2, 0.25) is 0 Å². The predicted molar refractivity (Wildman–Crippen MR) is 81.9 cm³/mol. The third kappa shape index (κ3) is 3.66. The zero-order valence-electron chi connectivity index (χ0n) is 12.2. The summed E-state index contributed by atoms with van der Waals surface area (Å²) in [5.74, 6) is -1.58. The minimum Gasteiger partial charge on any atom is -0.271 e. The lowest BCUT2D eigenvalue weighted by molar-refractivity contribution is -0.393. The van der Waals surface area contributed by atoms with E-state index in [-0.39, 0.29) is 17.0 Å². The van der Waals surface area contributed by atoms with E-state index in [1.165, 1.54) is 13.0 Å². The molecule has 0 aromatic heterocycles. The van der Waals surface area contributed by atoms with Crippen LogP contribution in [-0.4, -0.2) is 15.6 Å². The molecule has 1 N–H and O–H groups in total. The van der Waals surface area contributed by atoms with Gasteiger partial charge in [-0.3, -0.25) is 25.7 Å². The molecule has 124 valence electrons. The van der Waals surface area contributed by atoms with Crippen molar-refractivity contribution in [2.45, 2.75) is 6.92 Å². The molecule has 0 unspecified atom stereocenters. The van der Waals surface area contributed by atoms with Gasteiger partial charge >= 0.3 is 5.69 Å². The number of nitrogens with one attached hydrogen (secondary N) is 1. The van der Waals surface area contributed by atoms with E-state index in [9.17, 15) is 29.0 Å². The highest BCUT2D eigenvalue weighted by atomic mass is 19.1. The Labute approximate surface area is 133 Å². The van der Waals surface area contributed by atoms with Crippen LogP contribution in [-0.2, 0) is 0 Å². The second kappa shape index (κ2) is 6.77. The normalized spacial score (nSPS) is 11.2. The lowest BCUT2D eigenvalue weighted by atomic mass is 10.1. The number of non-ortho nitro benzene ring substituents is 1. The van der Waals surface area contributed by atoms with E-state index in [0.29, 0.717) is 6.07 Å². The van der Waals surface area contributed by atoms with Crippen LogP contribution < -0.4 is 5.43 Å². The highest BCUT2D eigenvalue weighted by molar-refractivity contribution is 5.99. The minimum absolute atomic E-state index is 0.00784. The van der Waals surface area contributed by atoms with Gasteiger partial charge in [0.1, 0.15) is 17.3 Å². The van der Waals surface area contributed by atoms with Crippen molar-refractivity contribution in [2.24, 2.45) is 5.10 Å². The Morgan fingerprint density at radius 3 is 2.38 bits per heavy atom. The first-order valence-electron chi connectivity index (χ1n) is 6.48. The second-order valence-corrected chi connectivity index (χ2v) is 4.65. The average molecular weight is 336 g/mol. The number of anilines is 1. The van der Waals surface area contributed by atoms with Crippen LogP contribution in [0.5, 0.6) is 0 Å². The van der Waals surface area contributed by atoms with E-state index in [1.54, 1.807) is 0 Å². The summed E-state index contributed by atoms with van der Waals surface area (Å²) in [6, 6.07) is 5.88. The maximum absolute atomic E-state index is 13.6. The smallest absolute Gasteiger partial charge is 0.271 e. The quantitative estimate of drug-likeness (QED) is 0.509. The van der Waals surface area contributed by atoms with Gasteiger partial charge < -0.3 is 0 Å². The number of nitro groups is 2. The molecule has 2 aromatic carbocycles. The maximum Gasteiger partial charge on any atom is 0.301 e. The molecule has 2 rings (SSSR count). The predicted octanol–water partition coefficient (Wildman–Crippen LogP) is 3.62. The zero-order chi connectivity index (χ0) is 17.9. The number of halogens is 2. The van der Waals surface area contributed by atoms with Gasteiger partial charge in [-0.25, -0.2) is 8.78 Å². The molecule has 0 atom stereocenters. The van der Waals surface area contributed by atoms with E-state index < -0.39 is 32.9 Å². The molecule has 0 saturated carbocycles. The molecule has 0 aliphatic heterocycles. The Morgan fingerprint density at radius 1 is 1.08 bits per heavy atom. The van der Waals surface area contributed by atoms with E-state index in [0.717, 1.165) is 24.3 Å². The van der Waals surface area contributed by atoms with Gasteiger partial charge in [0, 0.05) is 17.7 Å². The van der Waals surface area contributed by atoms with Gasteiger partial charge in [0.25, 0.3) is 5.69 Å². The van der Waals surface area contributed by atoms with Crippen molar-refractivity contribution >= 4 is 22.8 Å². The van der Waals surface area contributed by atoms with E-state index in [1.807, 2.05) is 0 Å². The third-order valence-corrected chi connectivity index (χ3v) is 3.05. The summed E-state index contributed by atoms with van der Waals surface area (Å²) >= 11 is 0. The Balaban J connectivity index is 2.33. The van der Waals surface area contributed by atoms with E-state index in [4.69, 9.17) is 0 Å². The van der Waals surface area contributed by atoms with E-state index in [2.05, 4.69) is 10.5 Å². The van der Waals surface area contributed by atoms with Gasteiger partial charge in [-0.05, 0) is 25.1 Å². The standard InChI is InChI=1S/C14H10F2N4O4/c1-8(11-4-2-9(15)6-12(11)16)17-18-13-5-3-10(19(21)22)7-14(13)20(23)24/h2-7,18H,1H3/b17-8-. The highest BCUT2D eigenvalue weighted by Crippen LogP contribution is 2.29. The summed E-state index contributed by atoms with van der Waals surface area (Å²) < 4.78 is 26.5. The van der Waals surface area contributed by atoms with Crippen molar-refractivity contribution in [3.63, 3.8) is 0 Å². The zero-order valence-corrected chi connectivity index (χ0v) is 12.2. The van der Waals surface area contributed by atoms with E-state index >= 15 is 0 Å². The van der Waals surface area contributed by atoms with Gasteiger partial charge in [0.2, 0.25) is 0 Å². The summed E-state index contributed by atoms with van der Waals surface area (Å²) in [6.07, 6.45) is 0. The average Bonchev–Trinajstić information content (AvgIpc) is 2.52. The molecule has 0 amide bonds. The number of nitro benzene ring substituents is 2. The van der Waals surface area contributed by atoms with Gasteiger partial charge in [-0.1, -0.05) is 0 Å². The molecule has 2 aromatic rings. The van der Waals surface area contributed by atoms with Crippen molar-refractivity contribution in [3.05, 3.63) is 73.8 Å². The first-order valence-corrected chi connectivity index (χ1v) is 6.48. The van der Waals surface area contributed by atoms with Crippen molar-refractivity contribution in [2.75, 3.05) is 5.43 Å². The van der Waals surface area contributed by atoms with Gasteiger partial charge in [0.15, 0.2) is 0 Å². The molecular weight excluding hydrogens is 326 g/mol. The first kappa shape index (κ1) is 16.9. The van der Waals surface area contributed by atoms with Crippen LogP contribution in [0, 0.1) is 31.9 Å². The minimum atomic E-state index is -0.837. The highest BCUT2D eigenvalue weighted by Gasteiger charge is 2.19. The number of hydrogen-bond donors (Lipinski definition) is 1. The fourth-order valence-electron chi connectivity index (χ4n) is 1.87. The molecule has 0 bridgehead atoms. The van der Waals surface area contributed by atoms with Gasteiger partial charge in [0.05, 0.1) is 21.6 Å². The fraction of sp³-hybridized carbons (Fsp3) is 0.0714. The molecule has 8 nitrogen and oxygen atoms in total. The molecule has 0 saturated heterocycles. The number of hydrogen-bond acceptors (Lipinski definition) is 6. The molecule has 0 spiro atoms. The summed E-state index contributed by atoms with van der Waals surface area (Å²) in [6.45, 7) is 1.42. The Bertz CT molecular complexity index is 855. The van der Waals surface area contributed by atoms with Crippen LogP contribution in [0.1, 0.15) is 12.5 Å². The number of benzene rings is 2. The Morgan fingerprint density at radius 2 is 1.79 bits per heavy atom. The van der Waals surface area contributed by atoms with Crippen LogP contribution in [0.15, 0.2) is 41.5 Å². The summed E-state index contributed by atoms with van der Waals surface area (Å²) in [7, 11) is 0. The van der Waals surface area contributed by atoms with Crippen LogP contribution in [0.4, 0.5) is 25.8 Å². The number of hydrazone groups is 1. The SMILES string of the molecule is C/C(=N/Nc1ccc([N+](=O)[O-])cc1[N+](=O)[O-])c1ccc(F)cc1F. The molecule has 24 heavy (non-hydrogen) atoms. The van der Waals surface area contributed by atoms with Gasteiger partial charge in [-0.2, -0.15) is 5.10 Å². The molecule has 0 aliphatic carbocycles. The molecule has 0 aliphatic rings. The summed E-state index contributed by atoms with van der Waals surface area (Å²) in [5, 5.41) is 25.5. The van der Waals surface area contributed by atoms with Crippen LogP contribution in [0.25, 0.3) is 0 Å². The number of nitrogens with zero attached hydrogens (tertiary/aromatic N) is 3. The fourth-order valence-corrected chi connectivity index (χ4v) is 1.87. The molecule has 0 radical (unpaired) electrons. The lowest BCUT2D eigenvalue weighted by Gasteiger charge is -2.05.